The molecule has 0 unspecified atom stereocenters. The van der Waals surface area contributed by atoms with E-state index in [-0.39, 0.29) is 11.5 Å². The van der Waals surface area contributed by atoms with Gasteiger partial charge in [0.15, 0.2) is 23.1 Å². The summed E-state index contributed by atoms with van der Waals surface area (Å²) < 4.78 is 30.9. The van der Waals surface area contributed by atoms with Crippen LogP contribution in [-0.2, 0) is 6.54 Å². The summed E-state index contributed by atoms with van der Waals surface area (Å²) in [6, 6.07) is 19.3. The van der Waals surface area contributed by atoms with Crippen molar-refractivity contribution in [2.24, 2.45) is 0 Å². The number of nitrogens with one attached hydrogen (secondary N) is 1. The van der Waals surface area contributed by atoms with Crippen LogP contribution in [0.3, 0.4) is 0 Å². The topological polar surface area (TPSA) is 45.4 Å². The highest BCUT2D eigenvalue weighted by Crippen LogP contribution is 2.22. The van der Waals surface area contributed by atoms with E-state index in [2.05, 4.69) is 10.1 Å². The predicted octanol–water partition coefficient (Wildman–Crippen LogP) is 4.88. The number of aliphatic hydroxyl groups is 1. The zero-order chi connectivity index (χ0) is 21.5. The molecule has 0 fully saturated rings. The van der Waals surface area contributed by atoms with Crippen molar-refractivity contribution in [1.29, 1.82) is 0 Å². The molecule has 154 valence electrons. The summed E-state index contributed by atoms with van der Waals surface area (Å²) in [5.41, 5.74) is 2.83. The smallest absolute Gasteiger partial charge is 0.387 e. The molecule has 7 heteroatoms. The van der Waals surface area contributed by atoms with Crippen LogP contribution in [0.15, 0.2) is 79.1 Å². The Labute approximate surface area is 179 Å². The maximum absolute atomic E-state index is 12.4. The Morgan fingerprint density at radius 1 is 1.07 bits per heavy atom. The monoisotopic (exact) mass is 427 g/mol. The summed E-state index contributed by atoms with van der Waals surface area (Å²) in [6.07, 6.45) is 3.62. The fraction of sp³-hybridized carbons (Fsp3) is 0.130. The fourth-order valence-electron chi connectivity index (χ4n) is 2.87. The summed E-state index contributed by atoms with van der Waals surface area (Å²) in [5, 5.41) is 14.2. The molecule has 0 bridgehead atoms. The first-order valence-electron chi connectivity index (χ1n) is 9.23. The second-order valence-electron chi connectivity index (χ2n) is 6.56. The summed E-state index contributed by atoms with van der Waals surface area (Å²) >= 11 is 5.59. The number of aliphatic hydroxyl groups excluding tert-OH is 1. The summed E-state index contributed by atoms with van der Waals surface area (Å²) in [6.45, 7) is -0.486. The van der Waals surface area contributed by atoms with Gasteiger partial charge in [-0.3, -0.25) is 0 Å². The molecule has 0 aliphatic carbocycles. The van der Waals surface area contributed by atoms with Crippen LogP contribution in [0, 0.1) is 6.92 Å². The van der Waals surface area contributed by atoms with E-state index in [0.29, 0.717) is 22.8 Å². The molecule has 0 aliphatic rings. The van der Waals surface area contributed by atoms with E-state index >= 15 is 0 Å². The number of ether oxygens (including phenoxy) is 1. The maximum atomic E-state index is 12.4. The first kappa shape index (κ1) is 21.4. The molecule has 0 spiro atoms. The highest BCUT2D eigenvalue weighted by Gasteiger charge is 2.24. The third-order valence-electron chi connectivity index (χ3n) is 4.29. The van der Waals surface area contributed by atoms with Crippen LogP contribution in [0.5, 0.6) is 5.75 Å². The fourth-order valence-corrected chi connectivity index (χ4v) is 3.15. The number of aryl methyl sites for hydroxylation is 1. The Hall–Kier alpha value is -3.32. The summed E-state index contributed by atoms with van der Waals surface area (Å²) in [7, 11) is 0. The number of pyridine rings is 1. The Bertz CT molecular complexity index is 1040. The molecule has 0 radical (unpaired) electrons. The van der Waals surface area contributed by atoms with Gasteiger partial charge in [-0.25, -0.2) is 0 Å². The third-order valence-corrected chi connectivity index (χ3v) is 4.63. The molecule has 2 N–H and O–H groups in total. The van der Waals surface area contributed by atoms with Gasteiger partial charge < -0.3 is 15.2 Å². The van der Waals surface area contributed by atoms with Gasteiger partial charge in [0.05, 0.1) is 0 Å². The second-order valence-corrected chi connectivity index (χ2v) is 6.97. The third kappa shape index (κ3) is 5.61. The lowest BCUT2D eigenvalue weighted by Crippen LogP contribution is -2.41. The van der Waals surface area contributed by atoms with E-state index in [0.717, 1.165) is 11.1 Å². The Morgan fingerprint density at radius 2 is 1.77 bits per heavy atom. The van der Waals surface area contributed by atoms with E-state index in [9.17, 15) is 13.9 Å². The van der Waals surface area contributed by atoms with Crippen molar-refractivity contribution >= 4 is 28.7 Å². The Kier molecular flexibility index (Phi) is 7.08. The Morgan fingerprint density at radius 3 is 2.40 bits per heavy atom. The number of rotatable bonds is 7. The molecule has 1 heterocycles. The number of hydrogen-bond acceptors (Lipinski definition) is 3. The van der Waals surface area contributed by atoms with Gasteiger partial charge in [-0.05, 0) is 42.8 Å². The van der Waals surface area contributed by atoms with Crippen molar-refractivity contribution in [3.05, 3.63) is 95.8 Å². The van der Waals surface area contributed by atoms with Crippen molar-refractivity contribution in [2.45, 2.75) is 20.1 Å². The number of halogens is 2. The normalized spacial score (nSPS) is 11.7. The second kappa shape index (κ2) is 9.93. The van der Waals surface area contributed by atoms with Crippen molar-refractivity contribution in [3.63, 3.8) is 0 Å². The average molecular weight is 427 g/mol. The molecule has 0 saturated heterocycles. The van der Waals surface area contributed by atoms with E-state index < -0.39 is 6.61 Å². The number of benzene rings is 2. The molecular weight excluding hydrogens is 406 g/mol. The van der Waals surface area contributed by atoms with Gasteiger partial charge in [0, 0.05) is 23.7 Å². The van der Waals surface area contributed by atoms with Crippen molar-refractivity contribution < 1.29 is 23.2 Å². The van der Waals surface area contributed by atoms with Gasteiger partial charge in [-0.2, -0.15) is 13.3 Å². The molecule has 3 aromatic rings. The minimum absolute atomic E-state index is 0.0103. The highest BCUT2D eigenvalue weighted by molar-refractivity contribution is 7.81. The van der Waals surface area contributed by atoms with E-state index in [4.69, 9.17) is 12.2 Å². The van der Waals surface area contributed by atoms with E-state index in [1.165, 1.54) is 24.3 Å². The molecule has 0 amide bonds. The zero-order valence-corrected chi connectivity index (χ0v) is 17.1. The molecule has 0 aliphatic heterocycles. The number of nitrogens with zero attached hydrogens (tertiary/aromatic N) is 1. The zero-order valence-electron chi connectivity index (χ0n) is 16.3. The average Bonchev–Trinajstić information content (AvgIpc) is 2.73. The lowest BCUT2D eigenvalue weighted by atomic mass is 10.1. The quantitative estimate of drug-likeness (QED) is 0.244. The van der Waals surface area contributed by atoms with Crippen molar-refractivity contribution in [2.75, 3.05) is 0 Å². The Balaban J connectivity index is 1.94. The molecule has 0 atom stereocenters. The maximum Gasteiger partial charge on any atom is 0.387 e. The lowest BCUT2D eigenvalue weighted by molar-refractivity contribution is -0.576. The minimum atomic E-state index is -2.91. The van der Waals surface area contributed by atoms with Gasteiger partial charge >= 0.3 is 6.61 Å². The van der Waals surface area contributed by atoms with Crippen molar-refractivity contribution in [3.8, 4) is 5.75 Å². The molecule has 30 heavy (non-hydrogen) atoms. The molecule has 4 nitrogen and oxygen atoms in total. The number of hydrogen-bond donors (Lipinski definition) is 2. The molecular formula is C23H21F2N2O2S+. The largest absolute Gasteiger partial charge is 0.502 e. The van der Waals surface area contributed by atoms with Crippen LogP contribution in [0.25, 0.3) is 11.5 Å². The number of thiocarbonyl (C=S) groups is 1. The first-order valence-corrected chi connectivity index (χ1v) is 9.64. The predicted molar refractivity (Wildman–Crippen MR) is 116 cm³/mol. The molecule has 2 aromatic carbocycles. The molecule has 3 rings (SSSR count). The van der Waals surface area contributed by atoms with Gasteiger partial charge in [0.25, 0.3) is 5.70 Å². The SMILES string of the molecule is Cc1ccc[n+](/C(C(=S)NCc2ccccc2)=C(/O)c2ccc(OC(F)F)cc2)c1. The summed E-state index contributed by atoms with van der Waals surface area (Å²) in [4.78, 5) is 0.347. The van der Waals surface area contributed by atoms with E-state index in [1.54, 1.807) is 10.8 Å². The molecule has 0 saturated carbocycles. The van der Waals surface area contributed by atoms with Crippen LogP contribution in [0.4, 0.5) is 8.78 Å². The van der Waals surface area contributed by atoms with Gasteiger partial charge in [0.2, 0.25) is 0 Å². The van der Waals surface area contributed by atoms with Crippen molar-refractivity contribution in [1.82, 2.24) is 5.32 Å². The standard InChI is InChI=1S/C23H20F2N2O2S/c1-16-6-5-13-27(15-16)20(22(30)26-14-17-7-3-2-4-8-17)21(28)18-9-11-19(12-10-18)29-23(24)25/h2-13,15,23H,14H2,1H3,(H-,26,28,30)/p+1. The first-order chi connectivity index (χ1) is 14.4. The van der Waals surface area contributed by atoms with Gasteiger partial charge in [-0.1, -0.05) is 42.5 Å². The van der Waals surface area contributed by atoms with Crippen LogP contribution in [0.2, 0.25) is 0 Å². The molecule has 1 aromatic heterocycles. The van der Waals surface area contributed by atoms with Gasteiger partial charge in [-0.15, -0.1) is 0 Å². The van der Waals surface area contributed by atoms with Crippen LogP contribution < -0.4 is 14.6 Å². The lowest BCUT2D eigenvalue weighted by Gasteiger charge is -2.11. The van der Waals surface area contributed by atoms with Gasteiger partial charge in [0.1, 0.15) is 5.75 Å². The number of alkyl halides is 2. The minimum Gasteiger partial charge on any atom is -0.502 e. The highest BCUT2D eigenvalue weighted by atomic mass is 32.1. The summed E-state index contributed by atoms with van der Waals surface area (Å²) in [5.74, 6) is -0.0733. The van der Waals surface area contributed by atoms with Crippen LogP contribution >= 0.6 is 12.2 Å². The van der Waals surface area contributed by atoms with Crippen LogP contribution in [-0.4, -0.2) is 16.7 Å². The number of aromatic nitrogens is 1. The van der Waals surface area contributed by atoms with E-state index in [1.807, 2.05) is 55.6 Å². The van der Waals surface area contributed by atoms with Crippen LogP contribution in [0.1, 0.15) is 16.7 Å².